The van der Waals surface area contributed by atoms with Gasteiger partial charge in [-0.2, -0.15) is 0 Å². The number of likely N-dealkylation sites (tertiary alicyclic amines) is 1. The molecule has 1 unspecified atom stereocenters. The van der Waals surface area contributed by atoms with E-state index in [0.29, 0.717) is 30.8 Å². The summed E-state index contributed by atoms with van der Waals surface area (Å²) in [5.41, 5.74) is 8.08. The van der Waals surface area contributed by atoms with Crippen LogP contribution in [0, 0.1) is 12.8 Å². The predicted molar refractivity (Wildman–Crippen MR) is 108 cm³/mol. The molecule has 1 aliphatic rings. The summed E-state index contributed by atoms with van der Waals surface area (Å²) < 4.78 is 0. The number of nitrogens with one attached hydrogen (secondary N) is 1. The number of carbonyl (C=O) groups is 3. The van der Waals surface area contributed by atoms with Crippen LogP contribution < -0.4 is 11.1 Å². The lowest BCUT2D eigenvalue weighted by atomic mass is 9.96. The third-order valence-electron chi connectivity index (χ3n) is 5.12. The minimum absolute atomic E-state index is 0.0376. The number of hydrogen-bond acceptors (Lipinski definition) is 3. The van der Waals surface area contributed by atoms with Crippen LogP contribution in [-0.2, 0) is 16.0 Å². The number of nitrogens with zero attached hydrogens (tertiary/aromatic N) is 1. The van der Waals surface area contributed by atoms with E-state index in [1.54, 1.807) is 23.1 Å². The van der Waals surface area contributed by atoms with Gasteiger partial charge in [-0.05, 0) is 43.0 Å². The molecule has 1 aliphatic heterocycles. The number of rotatable bonds is 5. The van der Waals surface area contributed by atoms with Crippen molar-refractivity contribution in [1.29, 1.82) is 0 Å². The lowest BCUT2D eigenvalue weighted by molar-refractivity contribution is -0.133. The topological polar surface area (TPSA) is 92.5 Å². The first-order valence-corrected chi connectivity index (χ1v) is 9.47. The van der Waals surface area contributed by atoms with Gasteiger partial charge in [-0.15, -0.1) is 0 Å². The van der Waals surface area contributed by atoms with Gasteiger partial charge in [0.1, 0.15) is 0 Å². The van der Waals surface area contributed by atoms with E-state index in [1.807, 2.05) is 37.3 Å². The number of nitrogens with two attached hydrogens (primary N) is 1. The molecular formula is C22H25N3O3. The van der Waals surface area contributed by atoms with Gasteiger partial charge < -0.3 is 16.0 Å². The van der Waals surface area contributed by atoms with Crippen LogP contribution >= 0.6 is 0 Å². The molecule has 2 aromatic rings. The summed E-state index contributed by atoms with van der Waals surface area (Å²) in [6.07, 6.45) is 1.86. The van der Waals surface area contributed by atoms with E-state index in [9.17, 15) is 14.4 Å². The molecule has 1 heterocycles. The van der Waals surface area contributed by atoms with E-state index in [2.05, 4.69) is 5.32 Å². The second-order valence-corrected chi connectivity index (χ2v) is 7.22. The highest BCUT2D eigenvalue weighted by Crippen LogP contribution is 2.22. The molecular weight excluding hydrogens is 354 g/mol. The van der Waals surface area contributed by atoms with E-state index >= 15 is 0 Å². The summed E-state index contributed by atoms with van der Waals surface area (Å²) in [7, 11) is 0. The van der Waals surface area contributed by atoms with Crippen molar-refractivity contribution >= 4 is 23.4 Å². The lowest BCUT2D eigenvalue weighted by Crippen LogP contribution is -2.44. The van der Waals surface area contributed by atoms with Gasteiger partial charge >= 0.3 is 0 Å². The summed E-state index contributed by atoms with van der Waals surface area (Å²) in [5, 5.41) is 2.90. The fourth-order valence-electron chi connectivity index (χ4n) is 3.44. The van der Waals surface area contributed by atoms with Gasteiger partial charge in [0, 0.05) is 24.3 Å². The molecule has 3 amide bonds. The van der Waals surface area contributed by atoms with Gasteiger partial charge in [-0.3, -0.25) is 14.4 Å². The van der Waals surface area contributed by atoms with E-state index < -0.39 is 5.91 Å². The largest absolute Gasteiger partial charge is 0.366 e. The summed E-state index contributed by atoms with van der Waals surface area (Å²) >= 11 is 0. The van der Waals surface area contributed by atoms with E-state index in [1.165, 1.54) is 0 Å². The quantitative estimate of drug-likeness (QED) is 0.836. The zero-order valence-electron chi connectivity index (χ0n) is 16.0. The Kier molecular flexibility index (Phi) is 6.09. The van der Waals surface area contributed by atoms with Crippen molar-refractivity contribution in [2.75, 3.05) is 18.4 Å². The summed E-state index contributed by atoms with van der Waals surface area (Å²) in [6, 6.07) is 14.6. The molecule has 0 radical (unpaired) electrons. The van der Waals surface area contributed by atoms with Crippen LogP contribution in [-0.4, -0.2) is 35.7 Å². The van der Waals surface area contributed by atoms with Crippen LogP contribution in [0.5, 0.6) is 0 Å². The molecule has 2 aromatic carbocycles. The number of benzene rings is 2. The van der Waals surface area contributed by atoms with Crippen LogP contribution in [0.4, 0.5) is 5.69 Å². The first-order chi connectivity index (χ1) is 13.4. The van der Waals surface area contributed by atoms with Crippen LogP contribution in [0.15, 0.2) is 48.5 Å². The van der Waals surface area contributed by atoms with Crippen molar-refractivity contribution in [3.05, 3.63) is 65.2 Å². The molecule has 6 nitrogen and oxygen atoms in total. The average molecular weight is 379 g/mol. The number of aryl methyl sites for hydroxylation is 1. The monoisotopic (exact) mass is 379 g/mol. The normalized spacial score (nSPS) is 16.5. The molecule has 0 aliphatic carbocycles. The van der Waals surface area contributed by atoms with Gasteiger partial charge in [-0.1, -0.05) is 36.4 Å². The molecule has 146 valence electrons. The summed E-state index contributed by atoms with van der Waals surface area (Å²) in [5.74, 6) is -0.909. The van der Waals surface area contributed by atoms with E-state index in [4.69, 9.17) is 5.73 Å². The molecule has 3 N–H and O–H groups in total. The minimum atomic E-state index is -0.536. The highest BCUT2D eigenvalue weighted by atomic mass is 16.2. The van der Waals surface area contributed by atoms with Crippen LogP contribution in [0.3, 0.4) is 0 Å². The van der Waals surface area contributed by atoms with E-state index in [-0.39, 0.29) is 17.7 Å². The maximum atomic E-state index is 12.8. The molecule has 28 heavy (non-hydrogen) atoms. The highest BCUT2D eigenvalue weighted by Gasteiger charge is 2.28. The third kappa shape index (κ3) is 4.76. The molecule has 0 saturated carbocycles. The van der Waals surface area contributed by atoms with Crippen LogP contribution in [0.25, 0.3) is 0 Å². The zero-order valence-corrected chi connectivity index (χ0v) is 16.0. The smallest absolute Gasteiger partial charge is 0.248 e. The van der Waals surface area contributed by atoms with Crippen molar-refractivity contribution < 1.29 is 14.4 Å². The van der Waals surface area contributed by atoms with Crippen LogP contribution in [0.2, 0.25) is 0 Å². The molecule has 0 bridgehead atoms. The molecule has 1 fully saturated rings. The Morgan fingerprint density at radius 3 is 2.61 bits per heavy atom. The predicted octanol–water partition coefficient (Wildman–Crippen LogP) is 2.51. The number of amides is 3. The Bertz CT molecular complexity index is 880. The van der Waals surface area contributed by atoms with E-state index in [0.717, 1.165) is 24.0 Å². The number of anilines is 1. The first kappa shape index (κ1) is 19.6. The Hall–Kier alpha value is -3.15. The summed E-state index contributed by atoms with van der Waals surface area (Å²) in [4.78, 5) is 38.5. The van der Waals surface area contributed by atoms with Gasteiger partial charge in [0.2, 0.25) is 17.7 Å². The fourth-order valence-corrected chi connectivity index (χ4v) is 3.44. The van der Waals surface area contributed by atoms with Crippen molar-refractivity contribution in [1.82, 2.24) is 4.90 Å². The van der Waals surface area contributed by atoms with Crippen LogP contribution in [0.1, 0.15) is 34.3 Å². The van der Waals surface area contributed by atoms with Crippen molar-refractivity contribution in [2.45, 2.75) is 26.2 Å². The van der Waals surface area contributed by atoms with Crippen molar-refractivity contribution in [3.8, 4) is 0 Å². The first-order valence-electron chi connectivity index (χ1n) is 9.47. The number of primary amides is 1. The SMILES string of the molecule is Cc1ccc(C(N)=O)cc1NC(=O)C1CCCN(C(=O)Cc2ccccc2)C1. The second kappa shape index (κ2) is 8.69. The fraction of sp³-hybridized carbons (Fsp3) is 0.318. The number of carbonyl (C=O) groups excluding carboxylic acids is 3. The molecule has 1 saturated heterocycles. The second-order valence-electron chi connectivity index (χ2n) is 7.22. The van der Waals surface area contributed by atoms with Gasteiger partial charge in [0.15, 0.2) is 0 Å². The standard InChI is InChI=1S/C22H25N3O3/c1-15-9-10-17(21(23)27)13-19(15)24-22(28)18-8-5-11-25(14-18)20(26)12-16-6-3-2-4-7-16/h2-4,6-7,9-10,13,18H,5,8,11-12,14H2,1H3,(H2,23,27)(H,24,28). The zero-order chi connectivity index (χ0) is 20.1. The maximum absolute atomic E-state index is 12.8. The van der Waals surface area contributed by atoms with Crippen molar-refractivity contribution in [2.24, 2.45) is 11.7 Å². The molecule has 6 heteroatoms. The molecule has 0 spiro atoms. The Labute approximate surface area is 164 Å². The summed E-state index contributed by atoms with van der Waals surface area (Å²) in [6.45, 7) is 2.94. The molecule has 1 atom stereocenters. The van der Waals surface area contributed by atoms with Gasteiger partial charge in [-0.25, -0.2) is 0 Å². The molecule has 0 aromatic heterocycles. The third-order valence-corrected chi connectivity index (χ3v) is 5.12. The number of piperidine rings is 1. The van der Waals surface area contributed by atoms with Gasteiger partial charge in [0.05, 0.1) is 12.3 Å². The Morgan fingerprint density at radius 2 is 1.89 bits per heavy atom. The highest BCUT2D eigenvalue weighted by molar-refractivity contribution is 5.97. The minimum Gasteiger partial charge on any atom is -0.366 e. The van der Waals surface area contributed by atoms with Crippen molar-refractivity contribution in [3.63, 3.8) is 0 Å². The number of hydrogen-bond donors (Lipinski definition) is 2. The van der Waals surface area contributed by atoms with Gasteiger partial charge in [0.25, 0.3) is 0 Å². The lowest BCUT2D eigenvalue weighted by Gasteiger charge is -2.32. The Balaban J connectivity index is 1.64. The Morgan fingerprint density at radius 1 is 1.14 bits per heavy atom. The molecule has 3 rings (SSSR count). The average Bonchev–Trinajstić information content (AvgIpc) is 2.70. The maximum Gasteiger partial charge on any atom is 0.248 e.